The normalized spacial score (nSPS) is 22.3. The minimum atomic E-state index is -4.47. The molecule has 0 amide bonds. The van der Waals surface area contributed by atoms with Crippen LogP contribution in [-0.2, 0) is 19.7 Å². The van der Waals surface area contributed by atoms with Crippen molar-refractivity contribution >= 4 is 19.7 Å². The summed E-state index contributed by atoms with van der Waals surface area (Å²) in [7, 11) is -6.88. The van der Waals surface area contributed by atoms with Crippen LogP contribution < -0.4 is 0 Å². The van der Waals surface area contributed by atoms with Gasteiger partial charge in [0.05, 0.1) is 28.4 Å². The Bertz CT molecular complexity index is 561. The van der Waals surface area contributed by atoms with Crippen LogP contribution in [0.4, 0.5) is 13.2 Å². The Balaban J connectivity index is 2.65. The highest BCUT2D eigenvalue weighted by atomic mass is 32.2. The smallest absolute Gasteiger partial charge is 0.229 e. The molecule has 1 aliphatic heterocycles. The van der Waals surface area contributed by atoms with Gasteiger partial charge in [-0.05, 0) is 6.42 Å². The first-order chi connectivity index (χ1) is 8.58. The van der Waals surface area contributed by atoms with E-state index in [-0.39, 0.29) is 17.3 Å². The highest BCUT2D eigenvalue weighted by molar-refractivity contribution is 7.93. The summed E-state index contributed by atoms with van der Waals surface area (Å²) in [5.74, 6) is -1.41. The van der Waals surface area contributed by atoms with Crippen LogP contribution in [0.1, 0.15) is 27.2 Å². The summed E-state index contributed by atoms with van der Waals surface area (Å²) in [5.41, 5.74) is -2.94. The molecule has 0 saturated carbocycles. The maximum Gasteiger partial charge on any atom is 0.394 e. The Morgan fingerprint density at radius 2 is 1.60 bits per heavy atom. The highest BCUT2D eigenvalue weighted by Crippen LogP contribution is 2.41. The Morgan fingerprint density at radius 3 is 1.95 bits per heavy atom. The summed E-state index contributed by atoms with van der Waals surface area (Å²) < 4.78 is 83.9. The van der Waals surface area contributed by atoms with Crippen molar-refractivity contribution in [2.24, 2.45) is 10.8 Å². The van der Waals surface area contributed by atoms with E-state index in [1.165, 1.54) is 6.92 Å². The topological polar surface area (TPSA) is 68.3 Å². The molecule has 0 unspecified atom stereocenters. The van der Waals surface area contributed by atoms with Crippen molar-refractivity contribution in [2.75, 3.05) is 23.0 Å². The first-order valence-corrected chi connectivity index (χ1v) is 9.70. The van der Waals surface area contributed by atoms with Gasteiger partial charge in [-0.25, -0.2) is 16.8 Å². The molecule has 0 spiro atoms. The average Bonchev–Trinajstić information content (AvgIpc) is 2.08. The van der Waals surface area contributed by atoms with Crippen molar-refractivity contribution in [3.05, 3.63) is 0 Å². The molecule has 1 heterocycles. The summed E-state index contributed by atoms with van der Waals surface area (Å²) >= 11 is 0. The fraction of sp³-hybridized carbons (Fsp3) is 1.00. The van der Waals surface area contributed by atoms with E-state index in [1.54, 1.807) is 0 Å². The molecule has 1 aliphatic rings. The lowest BCUT2D eigenvalue weighted by atomic mass is 9.90. The molecule has 120 valence electrons. The predicted molar refractivity (Wildman–Crippen MR) is 69.9 cm³/mol. The van der Waals surface area contributed by atoms with Gasteiger partial charge in [0.1, 0.15) is 0 Å². The third-order valence-corrected chi connectivity index (χ3v) is 7.75. The molecule has 1 saturated heterocycles. The fourth-order valence-corrected chi connectivity index (χ4v) is 6.99. The number of halogens is 3. The van der Waals surface area contributed by atoms with Gasteiger partial charge >= 0.3 is 6.18 Å². The van der Waals surface area contributed by atoms with E-state index in [9.17, 15) is 30.0 Å². The van der Waals surface area contributed by atoms with Crippen molar-refractivity contribution in [1.82, 2.24) is 0 Å². The standard InChI is InChI=1S/C11H19F3O4S2/c1-9(2,11(12,13)14)4-5-19(15,16)6-10(3)7-20(17,18)8-10/h4-8H2,1-3H3. The van der Waals surface area contributed by atoms with E-state index in [4.69, 9.17) is 0 Å². The summed E-state index contributed by atoms with van der Waals surface area (Å²) in [5, 5.41) is 0. The SMILES string of the molecule is CC1(CS(=O)(=O)CCC(C)(C)C(F)(F)F)CS(=O)(=O)C1. The van der Waals surface area contributed by atoms with Gasteiger partial charge in [0.25, 0.3) is 0 Å². The van der Waals surface area contributed by atoms with Gasteiger partial charge in [-0.15, -0.1) is 0 Å². The van der Waals surface area contributed by atoms with E-state index in [2.05, 4.69) is 0 Å². The van der Waals surface area contributed by atoms with Crippen LogP contribution in [-0.4, -0.2) is 46.0 Å². The lowest BCUT2D eigenvalue weighted by Crippen LogP contribution is -2.50. The summed E-state index contributed by atoms with van der Waals surface area (Å²) in [6.07, 6.45) is -4.99. The number of sulfone groups is 2. The minimum Gasteiger partial charge on any atom is -0.229 e. The Kier molecular flexibility index (Phi) is 4.31. The average molecular weight is 336 g/mol. The van der Waals surface area contributed by atoms with Gasteiger partial charge < -0.3 is 0 Å². The van der Waals surface area contributed by atoms with Crippen LogP contribution in [0.15, 0.2) is 0 Å². The minimum absolute atomic E-state index is 0.220. The third-order valence-electron chi connectivity index (χ3n) is 3.51. The number of rotatable bonds is 5. The van der Waals surface area contributed by atoms with Gasteiger partial charge in [0.2, 0.25) is 0 Å². The first kappa shape index (κ1) is 17.7. The Morgan fingerprint density at radius 1 is 1.15 bits per heavy atom. The molecule has 20 heavy (non-hydrogen) atoms. The molecule has 0 N–H and O–H groups in total. The Hall–Kier alpha value is -0.310. The molecular weight excluding hydrogens is 317 g/mol. The molecule has 0 aromatic rings. The second-order valence-electron chi connectivity index (χ2n) is 6.57. The quantitative estimate of drug-likeness (QED) is 0.768. The summed E-state index contributed by atoms with van der Waals surface area (Å²) in [6, 6.07) is 0. The lowest BCUT2D eigenvalue weighted by Gasteiger charge is -2.37. The molecule has 0 aromatic heterocycles. The molecule has 9 heteroatoms. The van der Waals surface area contributed by atoms with Crippen molar-refractivity contribution in [1.29, 1.82) is 0 Å². The van der Waals surface area contributed by atoms with Gasteiger partial charge in [-0.2, -0.15) is 13.2 Å². The van der Waals surface area contributed by atoms with Crippen molar-refractivity contribution in [2.45, 2.75) is 33.4 Å². The predicted octanol–water partition coefficient (Wildman–Crippen LogP) is 1.81. The third kappa shape index (κ3) is 4.34. The monoisotopic (exact) mass is 336 g/mol. The molecular formula is C11H19F3O4S2. The van der Waals surface area contributed by atoms with Crippen LogP contribution in [0.5, 0.6) is 0 Å². The van der Waals surface area contributed by atoms with Crippen molar-refractivity contribution in [3.8, 4) is 0 Å². The van der Waals surface area contributed by atoms with Gasteiger partial charge in [0, 0.05) is 5.41 Å². The van der Waals surface area contributed by atoms with E-state index < -0.39 is 48.9 Å². The second-order valence-corrected chi connectivity index (χ2v) is 10.8. The molecule has 0 radical (unpaired) electrons. The largest absolute Gasteiger partial charge is 0.394 e. The van der Waals surface area contributed by atoms with E-state index >= 15 is 0 Å². The molecule has 0 aliphatic carbocycles. The first-order valence-electron chi connectivity index (χ1n) is 6.05. The zero-order valence-corrected chi connectivity index (χ0v) is 13.3. The van der Waals surface area contributed by atoms with E-state index in [1.807, 2.05) is 0 Å². The van der Waals surface area contributed by atoms with Crippen LogP contribution in [0.25, 0.3) is 0 Å². The highest BCUT2D eigenvalue weighted by Gasteiger charge is 2.49. The Labute approximate surface area is 117 Å². The van der Waals surface area contributed by atoms with Gasteiger partial charge in [-0.1, -0.05) is 20.8 Å². The summed E-state index contributed by atoms with van der Waals surface area (Å²) in [4.78, 5) is 0. The van der Waals surface area contributed by atoms with E-state index in [0.29, 0.717) is 0 Å². The van der Waals surface area contributed by atoms with E-state index in [0.717, 1.165) is 13.8 Å². The maximum atomic E-state index is 12.7. The van der Waals surface area contributed by atoms with Crippen LogP contribution in [0.3, 0.4) is 0 Å². The molecule has 0 aromatic carbocycles. The molecule has 0 atom stereocenters. The van der Waals surface area contributed by atoms with Gasteiger partial charge in [0.15, 0.2) is 19.7 Å². The van der Waals surface area contributed by atoms with Crippen molar-refractivity contribution in [3.63, 3.8) is 0 Å². The summed E-state index contributed by atoms with van der Waals surface area (Å²) in [6.45, 7) is 3.44. The molecule has 0 bridgehead atoms. The zero-order valence-electron chi connectivity index (χ0n) is 11.6. The van der Waals surface area contributed by atoms with Crippen LogP contribution in [0.2, 0.25) is 0 Å². The molecule has 4 nitrogen and oxygen atoms in total. The molecule has 1 rings (SSSR count). The fourth-order valence-electron chi connectivity index (χ4n) is 2.26. The van der Waals surface area contributed by atoms with Gasteiger partial charge in [-0.3, -0.25) is 0 Å². The number of alkyl halides is 3. The maximum absolute atomic E-state index is 12.7. The zero-order chi connectivity index (χ0) is 16.0. The lowest BCUT2D eigenvalue weighted by molar-refractivity contribution is -0.211. The van der Waals surface area contributed by atoms with Crippen LogP contribution in [0, 0.1) is 10.8 Å². The number of hydrogen-bond donors (Lipinski definition) is 0. The molecule has 1 fully saturated rings. The second kappa shape index (κ2) is 4.86. The number of hydrogen-bond acceptors (Lipinski definition) is 4. The van der Waals surface area contributed by atoms with Crippen molar-refractivity contribution < 1.29 is 30.0 Å². The van der Waals surface area contributed by atoms with Crippen LogP contribution >= 0.6 is 0 Å².